The highest BCUT2D eigenvalue weighted by molar-refractivity contribution is 5.94. The van der Waals surface area contributed by atoms with Crippen LogP contribution in [0.2, 0.25) is 0 Å². The predicted molar refractivity (Wildman–Crippen MR) is 73.4 cm³/mol. The molecule has 2 unspecified atom stereocenters. The molecule has 2 atom stereocenters. The molecule has 0 saturated carbocycles. The molecule has 1 amide bonds. The molecule has 7 heteroatoms. The molecule has 2 aromatic heterocycles. The molecule has 1 fully saturated rings. The van der Waals surface area contributed by atoms with Gasteiger partial charge in [0.05, 0.1) is 11.6 Å². The monoisotopic (exact) mass is 272 g/mol. The van der Waals surface area contributed by atoms with Crippen LogP contribution in [0.4, 0.5) is 5.69 Å². The summed E-state index contributed by atoms with van der Waals surface area (Å²) in [6.45, 7) is 2.90. The first-order valence-electron chi connectivity index (χ1n) is 6.60. The Hall–Kier alpha value is -2.28. The molecule has 0 bridgehead atoms. The third-order valence-electron chi connectivity index (χ3n) is 3.54. The number of nitrogens with one attached hydrogen (secondary N) is 2. The van der Waals surface area contributed by atoms with E-state index in [9.17, 15) is 4.79 Å². The van der Waals surface area contributed by atoms with Gasteiger partial charge in [0.25, 0.3) is 0 Å². The van der Waals surface area contributed by atoms with Gasteiger partial charge in [-0.15, -0.1) is 0 Å². The van der Waals surface area contributed by atoms with E-state index >= 15 is 0 Å². The maximum atomic E-state index is 12.3. The van der Waals surface area contributed by atoms with Gasteiger partial charge in [0, 0.05) is 12.2 Å². The van der Waals surface area contributed by atoms with Crippen LogP contribution in [-0.2, 0) is 4.79 Å². The van der Waals surface area contributed by atoms with Gasteiger partial charge in [-0.25, -0.2) is 14.6 Å². The van der Waals surface area contributed by atoms with E-state index in [1.165, 1.54) is 11.0 Å². The quantitative estimate of drug-likeness (QED) is 0.854. The Morgan fingerprint density at radius 1 is 1.55 bits per heavy atom. The van der Waals surface area contributed by atoms with Crippen molar-refractivity contribution in [3.05, 3.63) is 31.0 Å². The van der Waals surface area contributed by atoms with Crippen molar-refractivity contribution in [3.63, 3.8) is 0 Å². The molecule has 1 aliphatic heterocycles. The lowest BCUT2D eigenvalue weighted by Gasteiger charge is -2.16. The van der Waals surface area contributed by atoms with Crippen LogP contribution in [0.15, 0.2) is 31.0 Å². The van der Waals surface area contributed by atoms with Crippen molar-refractivity contribution in [3.8, 4) is 5.82 Å². The van der Waals surface area contributed by atoms with Crippen LogP contribution in [0.25, 0.3) is 5.82 Å². The van der Waals surface area contributed by atoms with Crippen LogP contribution in [0.5, 0.6) is 0 Å². The van der Waals surface area contributed by atoms with Crippen molar-refractivity contribution in [2.75, 3.05) is 11.9 Å². The fourth-order valence-electron chi connectivity index (χ4n) is 2.44. The normalized spacial score (nSPS) is 21.9. The molecule has 2 N–H and O–H groups in total. The standard InChI is InChI=1S/C13H16N6O/c1-9-10(4-6-15-9)13(20)18-11-3-2-5-16-12(11)19-8-14-7-17-19/h2-3,5,7-10,15H,4,6H2,1H3,(H,18,20). The maximum absolute atomic E-state index is 12.3. The Kier molecular flexibility index (Phi) is 3.42. The van der Waals surface area contributed by atoms with Crippen LogP contribution < -0.4 is 10.6 Å². The summed E-state index contributed by atoms with van der Waals surface area (Å²) in [6, 6.07) is 3.79. The Morgan fingerprint density at radius 3 is 3.15 bits per heavy atom. The summed E-state index contributed by atoms with van der Waals surface area (Å²) in [7, 11) is 0. The summed E-state index contributed by atoms with van der Waals surface area (Å²) in [4.78, 5) is 20.5. The Balaban J connectivity index is 1.83. The lowest BCUT2D eigenvalue weighted by molar-refractivity contribution is -0.120. The zero-order chi connectivity index (χ0) is 13.9. The van der Waals surface area contributed by atoms with E-state index in [0.717, 1.165) is 13.0 Å². The Labute approximate surface area is 116 Å². The van der Waals surface area contributed by atoms with E-state index in [2.05, 4.69) is 25.7 Å². The van der Waals surface area contributed by atoms with Gasteiger partial charge in [-0.3, -0.25) is 4.79 Å². The molecule has 1 saturated heterocycles. The minimum absolute atomic E-state index is 0.0110. The van der Waals surface area contributed by atoms with Gasteiger partial charge in [0.2, 0.25) is 5.91 Å². The minimum atomic E-state index is -0.0150. The molecule has 0 spiro atoms. The molecule has 0 radical (unpaired) electrons. The van der Waals surface area contributed by atoms with Gasteiger partial charge in [-0.05, 0) is 32.0 Å². The van der Waals surface area contributed by atoms with E-state index in [0.29, 0.717) is 11.5 Å². The van der Waals surface area contributed by atoms with Crippen molar-refractivity contribution < 1.29 is 4.79 Å². The largest absolute Gasteiger partial charge is 0.323 e. The zero-order valence-corrected chi connectivity index (χ0v) is 11.2. The average Bonchev–Trinajstić information content (AvgIpc) is 3.10. The van der Waals surface area contributed by atoms with Gasteiger partial charge in [-0.1, -0.05) is 0 Å². The van der Waals surface area contributed by atoms with Gasteiger partial charge < -0.3 is 10.6 Å². The van der Waals surface area contributed by atoms with Crippen LogP contribution >= 0.6 is 0 Å². The van der Waals surface area contributed by atoms with Gasteiger partial charge >= 0.3 is 0 Å². The molecular weight excluding hydrogens is 256 g/mol. The molecule has 2 aromatic rings. The second kappa shape index (κ2) is 5.38. The molecule has 104 valence electrons. The molecule has 7 nitrogen and oxygen atoms in total. The number of rotatable bonds is 3. The van der Waals surface area contributed by atoms with Crippen molar-refractivity contribution in [1.29, 1.82) is 0 Å². The van der Waals surface area contributed by atoms with Crippen LogP contribution in [0.1, 0.15) is 13.3 Å². The van der Waals surface area contributed by atoms with Gasteiger partial charge in [-0.2, -0.15) is 5.10 Å². The second-order valence-electron chi connectivity index (χ2n) is 4.84. The Bertz CT molecular complexity index is 597. The number of pyridine rings is 1. The van der Waals surface area contributed by atoms with Crippen molar-refractivity contribution in [2.24, 2.45) is 5.92 Å². The molecule has 0 aromatic carbocycles. The molecular formula is C13H16N6O. The van der Waals surface area contributed by atoms with Crippen LogP contribution in [-0.4, -0.2) is 38.2 Å². The first kappa shape index (κ1) is 12.7. The van der Waals surface area contributed by atoms with E-state index in [-0.39, 0.29) is 17.9 Å². The van der Waals surface area contributed by atoms with Crippen molar-refractivity contribution >= 4 is 11.6 Å². The maximum Gasteiger partial charge on any atom is 0.229 e. The van der Waals surface area contributed by atoms with Gasteiger partial charge in [0.15, 0.2) is 5.82 Å². The predicted octanol–water partition coefficient (Wildman–Crippen LogP) is 0.599. The summed E-state index contributed by atoms with van der Waals surface area (Å²) in [5.41, 5.74) is 0.641. The molecule has 3 rings (SSSR count). The summed E-state index contributed by atoms with van der Waals surface area (Å²) in [5, 5.41) is 10.3. The number of carbonyl (C=O) groups is 1. The highest BCUT2D eigenvalue weighted by Crippen LogP contribution is 2.20. The first-order valence-corrected chi connectivity index (χ1v) is 6.60. The highest BCUT2D eigenvalue weighted by Gasteiger charge is 2.29. The van der Waals surface area contributed by atoms with Crippen LogP contribution in [0, 0.1) is 5.92 Å². The third-order valence-corrected chi connectivity index (χ3v) is 3.54. The van der Waals surface area contributed by atoms with E-state index in [1.807, 2.05) is 13.0 Å². The summed E-state index contributed by atoms with van der Waals surface area (Å²) in [5.74, 6) is 0.563. The minimum Gasteiger partial charge on any atom is -0.323 e. The topological polar surface area (TPSA) is 84.7 Å². The number of hydrogen-bond donors (Lipinski definition) is 2. The number of amides is 1. The molecule has 0 aliphatic carbocycles. The number of anilines is 1. The first-order chi connectivity index (χ1) is 9.75. The fourth-order valence-corrected chi connectivity index (χ4v) is 2.44. The second-order valence-corrected chi connectivity index (χ2v) is 4.84. The van der Waals surface area contributed by atoms with Crippen molar-refractivity contribution in [1.82, 2.24) is 25.1 Å². The van der Waals surface area contributed by atoms with Gasteiger partial charge in [0.1, 0.15) is 12.7 Å². The number of hydrogen-bond acceptors (Lipinski definition) is 5. The number of carbonyl (C=O) groups excluding carboxylic acids is 1. The third kappa shape index (κ3) is 2.39. The lowest BCUT2D eigenvalue weighted by atomic mass is 10.0. The zero-order valence-electron chi connectivity index (χ0n) is 11.2. The number of aromatic nitrogens is 4. The molecule has 1 aliphatic rings. The summed E-state index contributed by atoms with van der Waals surface area (Å²) >= 11 is 0. The highest BCUT2D eigenvalue weighted by atomic mass is 16.2. The SMILES string of the molecule is CC1NCCC1C(=O)Nc1cccnc1-n1cncn1. The summed E-state index contributed by atoms with van der Waals surface area (Å²) in [6.07, 6.45) is 5.50. The van der Waals surface area contributed by atoms with Crippen molar-refractivity contribution in [2.45, 2.75) is 19.4 Å². The molecule has 3 heterocycles. The smallest absolute Gasteiger partial charge is 0.229 e. The Morgan fingerprint density at radius 2 is 2.45 bits per heavy atom. The average molecular weight is 272 g/mol. The van der Waals surface area contributed by atoms with E-state index in [4.69, 9.17) is 0 Å². The number of nitrogens with zero attached hydrogens (tertiary/aromatic N) is 4. The van der Waals surface area contributed by atoms with E-state index in [1.54, 1.807) is 18.6 Å². The molecule has 20 heavy (non-hydrogen) atoms. The lowest BCUT2D eigenvalue weighted by Crippen LogP contribution is -2.32. The fraction of sp³-hybridized carbons (Fsp3) is 0.385. The van der Waals surface area contributed by atoms with Crippen LogP contribution in [0.3, 0.4) is 0 Å². The summed E-state index contributed by atoms with van der Waals surface area (Å²) < 4.78 is 1.53. The van der Waals surface area contributed by atoms with E-state index < -0.39 is 0 Å².